The van der Waals surface area contributed by atoms with Gasteiger partial charge in [-0.05, 0) is 31.4 Å². The summed E-state index contributed by atoms with van der Waals surface area (Å²) < 4.78 is 0. The van der Waals surface area contributed by atoms with Gasteiger partial charge in [0.25, 0.3) is 0 Å². The highest BCUT2D eigenvalue weighted by Crippen LogP contribution is 2.29. The number of likely N-dealkylation sites (N-methyl/N-ethyl adjacent to an activating group) is 1. The monoisotopic (exact) mass is 302 g/mol. The Morgan fingerprint density at radius 2 is 2.00 bits per heavy atom. The smallest absolute Gasteiger partial charge is 0.242 e. The van der Waals surface area contributed by atoms with Crippen LogP contribution < -0.4 is 0 Å². The van der Waals surface area contributed by atoms with Crippen LogP contribution in [0.3, 0.4) is 0 Å². The van der Waals surface area contributed by atoms with E-state index in [4.69, 9.17) is 0 Å². The van der Waals surface area contributed by atoms with E-state index in [-0.39, 0.29) is 30.3 Å². The Bertz CT molecular complexity index is 554. The molecule has 1 aliphatic heterocycles. The number of benzene rings is 1. The van der Waals surface area contributed by atoms with Gasteiger partial charge in [0.2, 0.25) is 11.8 Å². The average molecular weight is 302 g/mol. The largest absolute Gasteiger partial charge is 0.334 e. The summed E-state index contributed by atoms with van der Waals surface area (Å²) in [6.07, 6.45) is 0.885. The maximum Gasteiger partial charge on any atom is 0.242 e. The predicted molar refractivity (Wildman–Crippen MR) is 87.4 cm³/mol. The number of amides is 2. The van der Waals surface area contributed by atoms with E-state index in [1.807, 2.05) is 37.8 Å². The highest BCUT2D eigenvalue weighted by Gasteiger charge is 2.29. The second-order valence-electron chi connectivity index (χ2n) is 6.22. The summed E-state index contributed by atoms with van der Waals surface area (Å²) in [7, 11) is 0. The average Bonchev–Trinajstić information content (AvgIpc) is 2.52. The fourth-order valence-corrected chi connectivity index (χ4v) is 3.08. The molecule has 120 valence electrons. The summed E-state index contributed by atoms with van der Waals surface area (Å²) >= 11 is 0. The lowest BCUT2D eigenvalue weighted by Gasteiger charge is -2.36. The zero-order valence-corrected chi connectivity index (χ0v) is 14.0. The van der Waals surface area contributed by atoms with Crippen molar-refractivity contribution in [2.75, 3.05) is 19.6 Å². The van der Waals surface area contributed by atoms with E-state index in [0.29, 0.717) is 6.54 Å². The molecular weight excluding hydrogens is 276 g/mol. The molecule has 22 heavy (non-hydrogen) atoms. The first-order valence-corrected chi connectivity index (χ1v) is 8.11. The second-order valence-corrected chi connectivity index (χ2v) is 6.22. The molecule has 0 saturated carbocycles. The van der Waals surface area contributed by atoms with E-state index < -0.39 is 0 Å². The van der Waals surface area contributed by atoms with Crippen LogP contribution in [-0.4, -0.2) is 41.2 Å². The molecule has 4 heteroatoms. The van der Waals surface area contributed by atoms with Gasteiger partial charge in [-0.25, -0.2) is 0 Å². The van der Waals surface area contributed by atoms with Crippen molar-refractivity contribution in [1.82, 2.24) is 9.80 Å². The van der Waals surface area contributed by atoms with Crippen molar-refractivity contribution in [1.29, 1.82) is 0 Å². The Kier molecular flexibility index (Phi) is 5.22. The van der Waals surface area contributed by atoms with Gasteiger partial charge in [-0.3, -0.25) is 9.59 Å². The van der Waals surface area contributed by atoms with Crippen molar-refractivity contribution < 1.29 is 9.59 Å². The third-order valence-electron chi connectivity index (χ3n) is 4.43. The maximum absolute atomic E-state index is 12.6. The Morgan fingerprint density at radius 3 is 2.64 bits per heavy atom. The lowest BCUT2D eigenvalue weighted by atomic mass is 9.93. The fourth-order valence-electron chi connectivity index (χ4n) is 3.08. The zero-order chi connectivity index (χ0) is 16.3. The van der Waals surface area contributed by atoms with Crippen molar-refractivity contribution in [2.24, 2.45) is 5.92 Å². The molecule has 0 saturated heterocycles. The lowest BCUT2D eigenvalue weighted by Crippen LogP contribution is -2.46. The minimum Gasteiger partial charge on any atom is -0.334 e. The molecule has 1 aromatic carbocycles. The summed E-state index contributed by atoms with van der Waals surface area (Å²) in [4.78, 5) is 28.3. The summed E-state index contributed by atoms with van der Waals surface area (Å²) in [5.74, 6) is 0.00557. The van der Waals surface area contributed by atoms with Crippen LogP contribution in [0.15, 0.2) is 24.3 Å². The summed E-state index contributed by atoms with van der Waals surface area (Å²) in [6, 6.07) is 8.36. The van der Waals surface area contributed by atoms with Gasteiger partial charge in [-0.15, -0.1) is 0 Å². The number of rotatable bonds is 4. The number of hydrogen-bond donors (Lipinski definition) is 0. The zero-order valence-electron chi connectivity index (χ0n) is 14.0. The molecule has 0 spiro atoms. The molecule has 1 heterocycles. The molecule has 2 amide bonds. The topological polar surface area (TPSA) is 40.6 Å². The molecule has 4 nitrogen and oxygen atoms in total. The van der Waals surface area contributed by atoms with Crippen molar-refractivity contribution >= 4 is 11.8 Å². The Hall–Kier alpha value is -1.84. The second kappa shape index (κ2) is 6.95. The molecule has 0 aromatic heterocycles. The first-order valence-electron chi connectivity index (χ1n) is 8.11. The SMILES string of the molecule is CCN(CC(=O)N1CCc2ccccc2C1C)C(=O)C(C)C. The summed E-state index contributed by atoms with van der Waals surface area (Å²) in [5.41, 5.74) is 2.55. The van der Waals surface area contributed by atoms with E-state index in [1.165, 1.54) is 11.1 Å². The van der Waals surface area contributed by atoms with E-state index in [1.54, 1.807) is 4.90 Å². The van der Waals surface area contributed by atoms with Crippen LogP contribution in [0.1, 0.15) is 44.9 Å². The fraction of sp³-hybridized carbons (Fsp3) is 0.556. The van der Waals surface area contributed by atoms with Crippen molar-refractivity contribution in [3.8, 4) is 0 Å². The Labute approximate surface area is 133 Å². The third kappa shape index (κ3) is 3.32. The molecule has 0 aliphatic carbocycles. The number of hydrogen-bond acceptors (Lipinski definition) is 2. The lowest BCUT2D eigenvalue weighted by molar-refractivity contribution is -0.143. The van der Waals surface area contributed by atoms with Crippen LogP contribution in [-0.2, 0) is 16.0 Å². The minimum atomic E-state index is -0.0766. The van der Waals surface area contributed by atoms with Gasteiger partial charge in [0.15, 0.2) is 0 Å². The van der Waals surface area contributed by atoms with Crippen LogP contribution in [0, 0.1) is 5.92 Å². The maximum atomic E-state index is 12.6. The molecule has 2 rings (SSSR count). The van der Waals surface area contributed by atoms with E-state index >= 15 is 0 Å². The van der Waals surface area contributed by atoms with Gasteiger partial charge in [0.05, 0.1) is 12.6 Å². The molecule has 1 aromatic rings. The number of fused-ring (bicyclic) bond motifs is 1. The van der Waals surface area contributed by atoms with Crippen molar-refractivity contribution in [3.05, 3.63) is 35.4 Å². The summed E-state index contributed by atoms with van der Waals surface area (Å²) in [5, 5.41) is 0. The van der Waals surface area contributed by atoms with Gasteiger partial charge in [-0.1, -0.05) is 38.1 Å². The quantitative estimate of drug-likeness (QED) is 0.858. The standard InChI is InChI=1S/C18H26N2O2/c1-5-19(18(22)13(2)3)12-17(21)20-11-10-15-8-6-7-9-16(15)14(20)4/h6-9,13-14H,5,10-12H2,1-4H3. The normalized spacial score (nSPS) is 17.3. The van der Waals surface area contributed by atoms with Gasteiger partial charge in [0, 0.05) is 19.0 Å². The van der Waals surface area contributed by atoms with Gasteiger partial charge in [-0.2, -0.15) is 0 Å². The Morgan fingerprint density at radius 1 is 1.32 bits per heavy atom. The predicted octanol–water partition coefficient (Wildman–Crippen LogP) is 2.64. The minimum absolute atomic E-state index is 0.0397. The van der Waals surface area contributed by atoms with E-state index in [2.05, 4.69) is 19.1 Å². The van der Waals surface area contributed by atoms with E-state index in [0.717, 1.165) is 13.0 Å². The molecule has 1 aliphatic rings. The number of nitrogens with zero attached hydrogens (tertiary/aromatic N) is 2. The summed E-state index contributed by atoms with van der Waals surface area (Å²) in [6.45, 7) is 9.20. The van der Waals surface area contributed by atoms with Crippen LogP contribution >= 0.6 is 0 Å². The van der Waals surface area contributed by atoms with E-state index in [9.17, 15) is 9.59 Å². The highest BCUT2D eigenvalue weighted by molar-refractivity contribution is 5.86. The molecule has 0 fully saturated rings. The van der Waals surface area contributed by atoms with Crippen molar-refractivity contribution in [2.45, 2.75) is 40.2 Å². The van der Waals surface area contributed by atoms with Crippen molar-refractivity contribution in [3.63, 3.8) is 0 Å². The molecule has 0 N–H and O–H groups in total. The van der Waals surface area contributed by atoms with Crippen LogP contribution in [0.4, 0.5) is 0 Å². The van der Waals surface area contributed by atoms with Gasteiger partial charge in [0.1, 0.15) is 0 Å². The molecular formula is C18H26N2O2. The van der Waals surface area contributed by atoms with Crippen LogP contribution in [0.25, 0.3) is 0 Å². The number of carbonyl (C=O) groups is 2. The number of carbonyl (C=O) groups excluding carboxylic acids is 2. The van der Waals surface area contributed by atoms with Crippen LogP contribution in [0.2, 0.25) is 0 Å². The molecule has 1 atom stereocenters. The molecule has 1 unspecified atom stereocenters. The third-order valence-corrected chi connectivity index (χ3v) is 4.43. The first-order chi connectivity index (χ1) is 10.5. The highest BCUT2D eigenvalue weighted by atomic mass is 16.2. The van der Waals surface area contributed by atoms with Gasteiger partial charge >= 0.3 is 0 Å². The Balaban J connectivity index is 2.09. The van der Waals surface area contributed by atoms with Gasteiger partial charge < -0.3 is 9.80 Å². The first kappa shape index (κ1) is 16.5. The molecule has 0 radical (unpaired) electrons. The van der Waals surface area contributed by atoms with Crippen LogP contribution in [0.5, 0.6) is 0 Å². The molecule has 0 bridgehead atoms.